The van der Waals surface area contributed by atoms with Gasteiger partial charge in [0.2, 0.25) is 0 Å². The van der Waals surface area contributed by atoms with Gasteiger partial charge in [-0.2, -0.15) is 5.10 Å². The molecule has 0 fully saturated rings. The Hall–Kier alpha value is -1.52. The second-order valence-corrected chi connectivity index (χ2v) is 4.94. The molecule has 1 aliphatic heterocycles. The minimum atomic E-state index is 0.253. The highest BCUT2D eigenvalue weighted by Crippen LogP contribution is 2.30. The Labute approximate surface area is 109 Å². The van der Waals surface area contributed by atoms with Crippen molar-refractivity contribution in [3.05, 3.63) is 17.5 Å². The molecule has 1 aromatic heterocycles. The van der Waals surface area contributed by atoms with Crippen LogP contribution in [-0.2, 0) is 13.5 Å². The molecule has 100 valence electrons. The van der Waals surface area contributed by atoms with Gasteiger partial charge < -0.3 is 10.6 Å². The summed E-state index contributed by atoms with van der Waals surface area (Å²) in [4.78, 5) is 6.64. The van der Waals surface area contributed by atoms with Gasteiger partial charge in [-0.15, -0.1) is 0 Å². The van der Waals surface area contributed by atoms with Crippen molar-refractivity contribution < 1.29 is 0 Å². The number of nitrogens with zero attached hydrogens (tertiary/aromatic N) is 4. The first-order valence-electron chi connectivity index (χ1n) is 6.69. The number of aryl methyl sites for hydroxylation is 2. The van der Waals surface area contributed by atoms with Crippen molar-refractivity contribution in [2.45, 2.75) is 45.7 Å². The largest absolute Gasteiger partial charge is 0.370 e. The third kappa shape index (κ3) is 2.09. The van der Waals surface area contributed by atoms with Crippen LogP contribution in [0, 0.1) is 0 Å². The molecule has 0 aliphatic carbocycles. The van der Waals surface area contributed by atoms with E-state index in [2.05, 4.69) is 42.0 Å². The van der Waals surface area contributed by atoms with E-state index in [4.69, 9.17) is 5.73 Å². The molecule has 2 unspecified atom stereocenters. The summed E-state index contributed by atoms with van der Waals surface area (Å²) in [6.45, 7) is 7.26. The Balaban J connectivity index is 2.32. The highest BCUT2D eigenvalue weighted by atomic mass is 15.3. The second kappa shape index (κ2) is 5.00. The number of guanidine groups is 1. The quantitative estimate of drug-likeness (QED) is 0.878. The average Bonchev–Trinajstić information content (AvgIpc) is 2.91. The van der Waals surface area contributed by atoms with E-state index in [0.29, 0.717) is 12.0 Å². The van der Waals surface area contributed by atoms with Crippen molar-refractivity contribution in [2.75, 3.05) is 6.54 Å². The molecule has 0 bridgehead atoms. The first-order valence-corrected chi connectivity index (χ1v) is 6.69. The molecule has 18 heavy (non-hydrogen) atoms. The number of rotatable bonds is 4. The lowest BCUT2D eigenvalue weighted by atomic mass is 10.0. The van der Waals surface area contributed by atoms with Crippen LogP contribution in [0.2, 0.25) is 0 Å². The fourth-order valence-electron chi connectivity index (χ4n) is 2.59. The van der Waals surface area contributed by atoms with E-state index >= 15 is 0 Å². The predicted octanol–water partition coefficient (Wildman–Crippen LogP) is 1.45. The Morgan fingerprint density at radius 2 is 2.22 bits per heavy atom. The van der Waals surface area contributed by atoms with Crippen LogP contribution < -0.4 is 5.73 Å². The number of aromatic nitrogens is 2. The predicted molar refractivity (Wildman–Crippen MR) is 73.4 cm³/mol. The summed E-state index contributed by atoms with van der Waals surface area (Å²) in [5, 5.41) is 4.52. The summed E-state index contributed by atoms with van der Waals surface area (Å²) in [5.74, 6) is 0.667. The zero-order chi connectivity index (χ0) is 13.3. The molecule has 5 nitrogen and oxygen atoms in total. The molecule has 0 aromatic carbocycles. The van der Waals surface area contributed by atoms with Crippen LogP contribution in [0.25, 0.3) is 0 Å². The van der Waals surface area contributed by atoms with E-state index in [1.165, 1.54) is 5.56 Å². The lowest BCUT2D eigenvalue weighted by Crippen LogP contribution is -2.42. The van der Waals surface area contributed by atoms with Crippen molar-refractivity contribution >= 4 is 5.96 Å². The molecule has 2 heterocycles. The minimum absolute atomic E-state index is 0.253. The van der Waals surface area contributed by atoms with Gasteiger partial charge in [-0.1, -0.05) is 13.8 Å². The van der Waals surface area contributed by atoms with E-state index in [9.17, 15) is 0 Å². The Bertz CT molecular complexity index is 448. The number of hydrogen-bond acceptors (Lipinski definition) is 4. The first kappa shape index (κ1) is 12.9. The molecule has 0 amide bonds. The van der Waals surface area contributed by atoms with Crippen molar-refractivity contribution in [3.8, 4) is 0 Å². The Morgan fingerprint density at radius 3 is 2.83 bits per heavy atom. The van der Waals surface area contributed by atoms with Gasteiger partial charge in [-0.25, -0.2) is 0 Å². The number of nitrogens with two attached hydrogens (primary N) is 1. The standard InChI is InChI=1S/C13H23N5/c1-5-9(3)18-12(7-15-13(18)14)10-8-17(4)16-11(10)6-2/h8-9,12H,5-7H2,1-4H3,(H2,14,15). The summed E-state index contributed by atoms with van der Waals surface area (Å²) in [6.07, 6.45) is 4.11. The van der Waals surface area contributed by atoms with E-state index < -0.39 is 0 Å². The second-order valence-electron chi connectivity index (χ2n) is 4.94. The maximum Gasteiger partial charge on any atom is 0.192 e. The van der Waals surface area contributed by atoms with E-state index in [1.54, 1.807) is 0 Å². The van der Waals surface area contributed by atoms with Crippen LogP contribution in [0.5, 0.6) is 0 Å². The fraction of sp³-hybridized carbons (Fsp3) is 0.692. The van der Waals surface area contributed by atoms with Gasteiger partial charge in [-0.05, 0) is 19.8 Å². The molecule has 0 spiro atoms. The maximum absolute atomic E-state index is 6.03. The maximum atomic E-state index is 6.03. The van der Waals surface area contributed by atoms with Crippen molar-refractivity contribution in [3.63, 3.8) is 0 Å². The topological polar surface area (TPSA) is 59.4 Å². The zero-order valence-corrected chi connectivity index (χ0v) is 11.7. The molecular formula is C13H23N5. The summed E-state index contributed by atoms with van der Waals surface area (Å²) >= 11 is 0. The number of hydrogen-bond donors (Lipinski definition) is 1. The molecule has 5 heteroatoms. The monoisotopic (exact) mass is 249 g/mol. The molecule has 1 aliphatic rings. The van der Waals surface area contributed by atoms with E-state index in [-0.39, 0.29) is 6.04 Å². The van der Waals surface area contributed by atoms with Gasteiger partial charge >= 0.3 is 0 Å². The minimum Gasteiger partial charge on any atom is -0.370 e. The van der Waals surface area contributed by atoms with Gasteiger partial charge in [0.25, 0.3) is 0 Å². The molecule has 1 aromatic rings. The molecular weight excluding hydrogens is 226 g/mol. The van der Waals surface area contributed by atoms with Crippen LogP contribution in [0.15, 0.2) is 11.2 Å². The summed E-state index contributed by atoms with van der Waals surface area (Å²) in [6, 6.07) is 0.662. The van der Waals surface area contributed by atoms with E-state index in [1.807, 2.05) is 11.7 Å². The SMILES string of the molecule is CCc1nn(C)cc1C1CN=C(N)N1C(C)CC. The highest BCUT2D eigenvalue weighted by molar-refractivity contribution is 5.80. The van der Waals surface area contributed by atoms with Gasteiger partial charge in [-0.3, -0.25) is 9.67 Å². The van der Waals surface area contributed by atoms with E-state index in [0.717, 1.165) is 25.1 Å². The highest BCUT2D eigenvalue weighted by Gasteiger charge is 2.32. The summed E-state index contributed by atoms with van der Waals surface area (Å²) in [7, 11) is 1.97. The number of aliphatic imine (C=N–C) groups is 1. The zero-order valence-electron chi connectivity index (χ0n) is 11.7. The smallest absolute Gasteiger partial charge is 0.192 e. The fourth-order valence-corrected chi connectivity index (χ4v) is 2.59. The van der Waals surface area contributed by atoms with Gasteiger partial charge in [0.15, 0.2) is 5.96 Å². The van der Waals surface area contributed by atoms with Crippen LogP contribution in [0.4, 0.5) is 0 Å². The van der Waals surface area contributed by atoms with Gasteiger partial charge in [0.1, 0.15) is 0 Å². The molecule has 0 saturated heterocycles. The lowest BCUT2D eigenvalue weighted by molar-refractivity contribution is 0.267. The Morgan fingerprint density at radius 1 is 1.50 bits per heavy atom. The molecule has 2 rings (SSSR count). The van der Waals surface area contributed by atoms with Crippen LogP contribution in [-0.4, -0.2) is 33.2 Å². The lowest BCUT2D eigenvalue weighted by Gasteiger charge is -2.31. The normalized spacial score (nSPS) is 21.2. The Kier molecular flexibility index (Phi) is 3.59. The van der Waals surface area contributed by atoms with Crippen molar-refractivity contribution in [2.24, 2.45) is 17.8 Å². The third-order valence-electron chi connectivity index (χ3n) is 3.72. The molecule has 0 radical (unpaired) electrons. The van der Waals surface area contributed by atoms with Gasteiger partial charge in [0, 0.05) is 24.8 Å². The van der Waals surface area contributed by atoms with Crippen molar-refractivity contribution in [1.82, 2.24) is 14.7 Å². The average molecular weight is 249 g/mol. The third-order valence-corrected chi connectivity index (χ3v) is 3.72. The van der Waals surface area contributed by atoms with Crippen LogP contribution >= 0.6 is 0 Å². The van der Waals surface area contributed by atoms with Crippen LogP contribution in [0.1, 0.15) is 44.5 Å². The molecule has 2 atom stereocenters. The van der Waals surface area contributed by atoms with Crippen molar-refractivity contribution in [1.29, 1.82) is 0 Å². The first-order chi connectivity index (χ1) is 8.58. The molecule has 2 N–H and O–H groups in total. The van der Waals surface area contributed by atoms with Gasteiger partial charge in [0.05, 0.1) is 18.3 Å². The summed E-state index contributed by atoms with van der Waals surface area (Å²) < 4.78 is 1.89. The molecule has 0 saturated carbocycles. The summed E-state index contributed by atoms with van der Waals surface area (Å²) in [5.41, 5.74) is 8.45. The van der Waals surface area contributed by atoms with Crippen LogP contribution in [0.3, 0.4) is 0 Å².